The van der Waals surface area contributed by atoms with E-state index in [0.717, 1.165) is 6.42 Å². The molecule has 2 rings (SSSR count). The van der Waals surface area contributed by atoms with E-state index in [9.17, 15) is 18.0 Å². The first-order valence-corrected chi connectivity index (χ1v) is 6.41. The maximum absolute atomic E-state index is 13.1. The zero-order valence-corrected chi connectivity index (χ0v) is 11.2. The van der Waals surface area contributed by atoms with E-state index in [2.05, 4.69) is 0 Å². The van der Waals surface area contributed by atoms with Gasteiger partial charge in [-0.05, 0) is 37.5 Å². The van der Waals surface area contributed by atoms with Gasteiger partial charge < -0.3 is 10.0 Å². The van der Waals surface area contributed by atoms with Crippen LogP contribution in [0, 0.1) is 5.92 Å². The molecule has 1 aliphatic rings. The number of nitrogens with zero attached hydrogens (tertiary/aromatic N) is 1. The van der Waals surface area contributed by atoms with Crippen LogP contribution in [0.5, 0.6) is 0 Å². The minimum Gasteiger partial charge on any atom is -0.478 e. The Bertz CT molecular complexity index is 528. The van der Waals surface area contributed by atoms with Gasteiger partial charge in [-0.15, -0.1) is 0 Å². The predicted octanol–water partition coefficient (Wildman–Crippen LogP) is 3.64. The fourth-order valence-electron chi connectivity index (χ4n) is 2.78. The average Bonchev–Trinajstić information content (AvgIpc) is 2.66. The molecule has 0 aliphatic carbocycles. The lowest BCUT2D eigenvalue weighted by molar-refractivity contribution is -0.137. The van der Waals surface area contributed by atoms with Crippen molar-refractivity contribution in [1.29, 1.82) is 0 Å². The summed E-state index contributed by atoms with van der Waals surface area (Å²) in [5, 5.41) is 8.84. The highest BCUT2D eigenvalue weighted by Gasteiger charge is 2.38. The van der Waals surface area contributed by atoms with E-state index in [-0.39, 0.29) is 17.3 Å². The zero-order chi connectivity index (χ0) is 15.1. The van der Waals surface area contributed by atoms with Crippen LogP contribution in [-0.4, -0.2) is 23.7 Å². The third-order valence-corrected chi connectivity index (χ3v) is 3.64. The Morgan fingerprint density at radius 3 is 2.45 bits per heavy atom. The van der Waals surface area contributed by atoms with Gasteiger partial charge in [-0.1, -0.05) is 6.92 Å². The Hall–Kier alpha value is -1.72. The summed E-state index contributed by atoms with van der Waals surface area (Å²) in [7, 11) is 0. The number of carboxylic acids is 1. The number of aromatic carboxylic acids is 1. The molecule has 1 fully saturated rings. The number of alkyl halides is 3. The van der Waals surface area contributed by atoms with Gasteiger partial charge in [0.15, 0.2) is 0 Å². The Morgan fingerprint density at radius 1 is 1.35 bits per heavy atom. The minimum absolute atomic E-state index is 0.0155. The summed E-state index contributed by atoms with van der Waals surface area (Å²) in [6.45, 7) is 4.43. The molecule has 6 heteroatoms. The molecule has 2 unspecified atom stereocenters. The Balaban J connectivity index is 2.50. The van der Waals surface area contributed by atoms with Gasteiger partial charge in [-0.3, -0.25) is 0 Å². The van der Waals surface area contributed by atoms with Gasteiger partial charge in [0.2, 0.25) is 0 Å². The van der Waals surface area contributed by atoms with Crippen molar-refractivity contribution in [3.63, 3.8) is 0 Å². The second-order valence-corrected chi connectivity index (χ2v) is 5.38. The number of rotatable bonds is 2. The standard InChI is InChI=1S/C14H16F3NO2/c1-8-5-9(2)18(7-8)12-4-3-10(13(19)20)6-11(12)14(15,16)17/h3-4,6,8-9H,5,7H2,1-2H3,(H,19,20). The van der Waals surface area contributed by atoms with Crippen molar-refractivity contribution in [1.82, 2.24) is 0 Å². The highest BCUT2D eigenvalue weighted by molar-refractivity contribution is 5.88. The Morgan fingerprint density at radius 2 is 2.00 bits per heavy atom. The third kappa shape index (κ3) is 2.73. The molecular formula is C14H16F3NO2. The Labute approximate surface area is 115 Å². The minimum atomic E-state index is -4.56. The first-order valence-electron chi connectivity index (χ1n) is 6.41. The van der Waals surface area contributed by atoms with E-state index in [1.165, 1.54) is 12.1 Å². The molecule has 1 heterocycles. The van der Waals surface area contributed by atoms with Crippen molar-refractivity contribution >= 4 is 11.7 Å². The molecule has 1 aromatic carbocycles. The summed E-state index contributed by atoms with van der Waals surface area (Å²) in [5.74, 6) is -1.03. The number of carboxylic acid groups (broad SMARTS) is 1. The summed E-state index contributed by atoms with van der Waals surface area (Å²) in [5.41, 5.74) is -1.15. The molecule has 20 heavy (non-hydrogen) atoms. The van der Waals surface area contributed by atoms with Crippen LogP contribution in [0.2, 0.25) is 0 Å². The lowest BCUT2D eigenvalue weighted by atomic mass is 10.1. The van der Waals surface area contributed by atoms with Gasteiger partial charge in [0.25, 0.3) is 0 Å². The highest BCUT2D eigenvalue weighted by Crippen LogP contribution is 2.40. The molecule has 0 spiro atoms. The van der Waals surface area contributed by atoms with E-state index in [1.807, 2.05) is 13.8 Å². The molecule has 0 radical (unpaired) electrons. The summed E-state index contributed by atoms with van der Waals surface area (Å²) < 4.78 is 39.4. The second-order valence-electron chi connectivity index (χ2n) is 5.38. The van der Waals surface area contributed by atoms with Crippen molar-refractivity contribution in [2.45, 2.75) is 32.5 Å². The van der Waals surface area contributed by atoms with Crippen molar-refractivity contribution < 1.29 is 23.1 Å². The van der Waals surface area contributed by atoms with E-state index >= 15 is 0 Å². The normalized spacial score (nSPS) is 23.1. The number of hydrogen-bond acceptors (Lipinski definition) is 2. The van der Waals surface area contributed by atoms with Crippen LogP contribution in [0.4, 0.5) is 18.9 Å². The number of benzene rings is 1. The molecule has 2 atom stereocenters. The molecule has 1 saturated heterocycles. The van der Waals surface area contributed by atoms with Crippen LogP contribution in [-0.2, 0) is 6.18 Å². The Kier molecular flexibility index (Phi) is 3.67. The van der Waals surface area contributed by atoms with Crippen LogP contribution in [0.1, 0.15) is 36.2 Å². The molecule has 3 nitrogen and oxygen atoms in total. The third-order valence-electron chi connectivity index (χ3n) is 3.64. The predicted molar refractivity (Wildman–Crippen MR) is 69.0 cm³/mol. The number of carbonyl (C=O) groups is 1. The SMILES string of the molecule is CC1CC(C)N(c2ccc(C(=O)O)cc2C(F)(F)F)C1. The summed E-state index contributed by atoms with van der Waals surface area (Å²) in [4.78, 5) is 12.6. The maximum Gasteiger partial charge on any atom is 0.418 e. The van der Waals surface area contributed by atoms with Crippen LogP contribution in [0.15, 0.2) is 18.2 Å². The lowest BCUT2D eigenvalue weighted by Crippen LogP contribution is -2.29. The van der Waals surface area contributed by atoms with Crippen LogP contribution >= 0.6 is 0 Å². The van der Waals surface area contributed by atoms with Gasteiger partial charge in [0, 0.05) is 18.3 Å². The number of hydrogen-bond donors (Lipinski definition) is 1. The average molecular weight is 287 g/mol. The fourth-order valence-corrected chi connectivity index (χ4v) is 2.78. The van der Waals surface area contributed by atoms with Gasteiger partial charge in [-0.2, -0.15) is 13.2 Å². The molecule has 0 amide bonds. The second kappa shape index (κ2) is 5.00. The van der Waals surface area contributed by atoms with E-state index in [4.69, 9.17) is 5.11 Å². The van der Waals surface area contributed by atoms with Gasteiger partial charge in [0.05, 0.1) is 11.1 Å². The molecule has 0 saturated carbocycles. The topological polar surface area (TPSA) is 40.5 Å². The monoisotopic (exact) mass is 287 g/mol. The lowest BCUT2D eigenvalue weighted by Gasteiger charge is -2.27. The quantitative estimate of drug-likeness (QED) is 0.902. The van der Waals surface area contributed by atoms with Crippen LogP contribution in [0.3, 0.4) is 0 Å². The number of anilines is 1. The van der Waals surface area contributed by atoms with E-state index in [1.54, 1.807) is 4.90 Å². The molecule has 1 aromatic rings. The van der Waals surface area contributed by atoms with Crippen molar-refractivity contribution in [2.24, 2.45) is 5.92 Å². The molecule has 1 aliphatic heterocycles. The van der Waals surface area contributed by atoms with Gasteiger partial charge in [0.1, 0.15) is 0 Å². The van der Waals surface area contributed by atoms with E-state index in [0.29, 0.717) is 18.5 Å². The van der Waals surface area contributed by atoms with Crippen molar-refractivity contribution in [2.75, 3.05) is 11.4 Å². The number of halogens is 3. The fraction of sp³-hybridized carbons (Fsp3) is 0.500. The van der Waals surface area contributed by atoms with Crippen LogP contribution in [0.25, 0.3) is 0 Å². The van der Waals surface area contributed by atoms with Crippen LogP contribution < -0.4 is 4.90 Å². The van der Waals surface area contributed by atoms with Crippen molar-refractivity contribution in [3.8, 4) is 0 Å². The largest absolute Gasteiger partial charge is 0.478 e. The maximum atomic E-state index is 13.1. The summed E-state index contributed by atoms with van der Waals surface area (Å²) >= 11 is 0. The molecular weight excluding hydrogens is 271 g/mol. The zero-order valence-electron chi connectivity index (χ0n) is 11.2. The van der Waals surface area contributed by atoms with E-state index < -0.39 is 17.7 Å². The summed E-state index contributed by atoms with van der Waals surface area (Å²) in [6.07, 6.45) is -3.73. The smallest absolute Gasteiger partial charge is 0.418 e. The molecule has 0 bridgehead atoms. The molecule has 0 aromatic heterocycles. The van der Waals surface area contributed by atoms with Gasteiger partial charge in [-0.25, -0.2) is 4.79 Å². The highest BCUT2D eigenvalue weighted by atomic mass is 19.4. The summed E-state index contributed by atoms with van der Waals surface area (Å²) in [6, 6.07) is 3.22. The first kappa shape index (κ1) is 14.7. The molecule has 1 N–H and O–H groups in total. The molecule has 110 valence electrons. The first-order chi connectivity index (χ1) is 9.20. The van der Waals surface area contributed by atoms with Gasteiger partial charge >= 0.3 is 12.1 Å². The van der Waals surface area contributed by atoms with Crippen molar-refractivity contribution in [3.05, 3.63) is 29.3 Å².